The Morgan fingerprint density at radius 1 is 0.844 bits per heavy atom. The summed E-state index contributed by atoms with van der Waals surface area (Å²) >= 11 is 0. The number of carbonyl (C=O) groups excluding carboxylic acids is 2. The Morgan fingerprint density at radius 3 is 1.88 bits per heavy atom. The van der Waals surface area contributed by atoms with Gasteiger partial charge in [0.2, 0.25) is 0 Å². The molecule has 1 aromatic heterocycles. The number of benzene rings is 2. The SMILES string of the molecule is Cn1nc(C(=O)NNC(=O)c2cc(C(F)(F)F)cc(C(F)(F)F)c2)c2ccccc2c1=O. The van der Waals surface area contributed by atoms with E-state index in [-0.39, 0.29) is 34.7 Å². The molecule has 0 saturated heterocycles. The summed E-state index contributed by atoms with van der Waals surface area (Å²) in [5.74, 6) is -2.47. The number of fused-ring (bicyclic) bond motifs is 1. The maximum atomic E-state index is 12.9. The van der Waals surface area contributed by atoms with E-state index in [9.17, 15) is 40.7 Å². The van der Waals surface area contributed by atoms with E-state index in [2.05, 4.69) is 5.10 Å². The van der Waals surface area contributed by atoms with Crippen molar-refractivity contribution in [3.05, 3.63) is 75.2 Å². The van der Waals surface area contributed by atoms with Crippen molar-refractivity contribution in [1.29, 1.82) is 0 Å². The molecule has 32 heavy (non-hydrogen) atoms. The lowest BCUT2D eigenvalue weighted by molar-refractivity contribution is -0.143. The number of rotatable bonds is 2. The van der Waals surface area contributed by atoms with E-state index in [1.54, 1.807) is 11.5 Å². The number of alkyl halides is 6. The molecule has 0 radical (unpaired) electrons. The van der Waals surface area contributed by atoms with Crippen molar-refractivity contribution in [2.45, 2.75) is 12.4 Å². The zero-order valence-corrected chi connectivity index (χ0v) is 15.9. The number of halogens is 6. The number of aromatic nitrogens is 2. The Labute approximate surface area is 174 Å². The molecule has 2 amide bonds. The predicted molar refractivity (Wildman–Crippen MR) is 98.4 cm³/mol. The zero-order valence-electron chi connectivity index (χ0n) is 15.9. The van der Waals surface area contributed by atoms with E-state index >= 15 is 0 Å². The van der Waals surface area contributed by atoms with Gasteiger partial charge < -0.3 is 0 Å². The molecule has 168 valence electrons. The number of hydrogen-bond acceptors (Lipinski definition) is 4. The number of carbonyl (C=O) groups is 2. The number of aryl methyl sites for hydroxylation is 1. The highest BCUT2D eigenvalue weighted by atomic mass is 19.4. The van der Waals surface area contributed by atoms with Crippen molar-refractivity contribution in [3.8, 4) is 0 Å². The smallest absolute Gasteiger partial charge is 0.267 e. The number of hydrazine groups is 1. The number of amides is 2. The summed E-state index contributed by atoms with van der Waals surface area (Å²) in [7, 11) is 1.27. The fraction of sp³-hybridized carbons (Fsp3) is 0.158. The summed E-state index contributed by atoms with van der Waals surface area (Å²) in [5, 5.41) is 4.05. The third kappa shape index (κ3) is 4.55. The molecule has 0 saturated carbocycles. The van der Waals surface area contributed by atoms with Gasteiger partial charge in [0, 0.05) is 18.0 Å². The average molecular weight is 458 g/mol. The molecule has 0 aliphatic rings. The Balaban J connectivity index is 1.90. The molecule has 0 bridgehead atoms. The van der Waals surface area contributed by atoms with Crippen molar-refractivity contribution in [2.75, 3.05) is 0 Å². The highest BCUT2D eigenvalue weighted by Gasteiger charge is 2.37. The van der Waals surface area contributed by atoms with Crippen LogP contribution in [0.3, 0.4) is 0 Å². The highest BCUT2D eigenvalue weighted by Crippen LogP contribution is 2.36. The van der Waals surface area contributed by atoms with E-state index in [1.807, 2.05) is 5.43 Å². The fourth-order valence-corrected chi connectivity index (χ4v) is 2.80. The second-order valence-corrected chi connectivity index (χ2v) is 6.53. The van der Waals surface area contributed by atoms with Crippen LogP contribution in [0, 0.1) is 0 Å². The third-order valence-electron chi connectivity index (χ3n) is 4.31. The molecule has 0 aliphatic heterocycles. The van der Waals surface area contributed by atoms with E-state index < -0.39 is 46.4 Å². The van der Waals surface area contributed by atoms with Gasteiger partial charge in [-0.2, -0.15) is 31.4 Å². The second-order valence-electron chi connectivity index (χ2n) is 6.53. The van der Waals surface area contributed by atoms with Gasteiger partial charge in [-0.25, -0.2) is 4.68 Å². The molecule has 3 aromatic rings. The summed E-state index contributed by atoms with van der Waals surface area (Å²) < 4.78 is 78.6. The minimum Gasteiger partial charge on any atom is -0.267 e. The van der Waals surface area contributed by atoms with Crippen molar-refractivity contribution in [1.82, 2.24) is 20.6 Å². The monoisotopic (exact) mass is 458 g/mol. The molecule has 0 unspecified atom stereocenters. The molecular formula is C19H12F6N4O3. The van der Waals surface area contributed by atoms with Gasteiger partial charge in [0.1, 0.15) is 0 Å². The van der Waals surface area contributed by atoms with Gasteiger partial charge in [-0.05, 0) is 24.3 Å². The van der Waals surface area contributed by atoms with Crippen LogP contribution in [0.2, 0.25) is 0 Å². The van der Waals surface area contributed by atoms with Crippen molar-refractivity contribution >= 4 is 22.6 Å². The van der Waals surface area contributed by atoms with Gasteiger partial charge in [0.25, 0.3) is 17.4 Å². The molecule has 0 atom stereocenters. The van der Waals surface area contributed by atoms with Crippen molar-refractivity contribution in [3.63, 3.8) is 0 Å². The van der Waals surface area contributed by atoms with Crippen LogP contribution in [0.15, 0.2) is 47.3 Å². The maximum Gasteiger partial charge on any atom is 0.416 e. The average Bonchev–Trinajstić information content (AvgIpc) is 2.72. The standard InChI is InChI=1S/C19H12F6N4O3/c1-29-17(32)13-5-3-2-4-12(13)14(28-29)16(31)27-26-15(30)9-6-10(18(20,21)22)8-11(7-9)19(23,24)25/h2-8H,1H3,(H,26,30)(H,27,31). The van der Waals surface area contributed by atoms with Crippen LogP contribution in [-0.2, 0) is 19.4 Å². The summed E-state index contributed by atoms with van der Waals surface area (Å²) in [6, 6.07) is 6.20. The maximum absolute atomic E-state index is 12.9. The molecule has 0 spiro atoms. The first-order valence-electron chi connectivity index (χ1n) is 8.65. The fourth-order valence-electron chi connectivity index (χ4n) is 2.80. The molecule has 1 heterocycles. The minimum absolute atomic E-state index is 0.126. The lowest BCUT2D eigenvalue weighted by atomic mass is 10.0. The van der Waals surface area contributed by atoms with Gasteiger partial charge in [-0.15, -0.1) is 0 Å². The van der Waals surface area contributed by atoms with Crippen molar-refractivity contribution in [2.24, 2.45) is 7.05 Å². The normalized spacial score (nSPS) is 12.0. The van der Waals surface area contributed by atoms with Gasteiger partial charge in [-0.1, -0.05) is 18.2 Å². The number of nitrogens with one attached hydrogen (secondary N) is 2. The Kier molecular flexibility index (Phi) is 5.68. The van der Waals surface area contributed by atoms with Crippen LogP contribution in [0.25, 0.3) is 10.8 Å². The molecule has 0 fully saturated rings. The highest BCUT2D eigenvalue weighted by molar-refractivity contribution is 6.06. The lowest BCUT2D eigenvalue weighted by Crippen LogP contribution is -2.42. The van der Waals surface area contributed by atoms with Gasteiger partial charge >= 0.3 is 12.4 Å². The Bertz CT molecular complexity index is 1250. The number of nitrogens with zero attached hydrogens (tertiary/aromatic N) is 2. The molecule has 3 rings (SSSR count). The topological polar surface area (TPSA) is 93.1 Å². The first-order valence-corrected chi connectivity index (χ1v) is 8.65. The van der Waals surface area contributed by atoms with Gasteiger partial charge in [0.05, 0.1) is 16.5 Å². The molecular weight excluding hydrogens is 446 g/mol. The summed E-state index contributed by atoms with van der Waals surface area (Å²) in [4.78, 5) is 36.7. The van der Waals surface area contributed by atoms with E-state index in [1.165, 1.54) is 25.2 Å². The van der Waals surface area contributed by atoms with Crippen molar-refractivity contribution < 1.29 is 35.9 Å². The van der Waals surface area contributed by atoms with Gasteiger partial charge in [-0.3, -0.25) is 25.2 Å². The number of hydrogen-bond donors (Lipinski definition) is 2. The van der Waals surface area contributed by atoms with Crippen LogP contribution in [0.4, 0.5) is 26.3 Å². The zero-order chi connectivity index (χ0) is 23.8. The molecule has 2 aromatic carbocycles. The summed E-state index contributed by atoms with van der Waals surface area (Å²) in [6.45, 7) is 0. The first-order chi connectivity index (χ1) is 14.8. The Morgan fingerprint density at radius 2 is 1.34 bits per heavy atom. The first kappa shape index (κ1) is 22.8. The van der Waals surface area contributed by atoms with E-state index in [0.29, 0.717) is 0 Å². The van der Waals surface area contributed by atoms with Crippen LogP contribution < -0.4 is 16.4 Å². The molecule has 0 aliphatic carbocycles. The van der Waals surface area contributed by atoms with Crippen LogP contribution in [-0.4, -0.2) is 21.6 Å². The largest absolute Gasteiger partial charge is 0.416 e. The Hall–Kier alpha value is -3.90. The van der Waals surface area contributed by atoms with E-state index in [4.69, 9.17) is 0 Å². The van der Waals surface area contributed by atoms with Gasteiger partial charge in [0.15, 0.2) is 5.69 Å². The predicted octanol–water partition coefficient (Wildman–Crippen LogP) is 3.05. The quantitative estimate of drug-likeness (QED) is 0.456. The minimum atomic E-state index is -5.14. The summed E-state index contributed by atoms with van der Waals surface area (Å²) in [5.41, 5.74) is -1.54. The van der Waals surface area contributed by atoms with Crippen LogP contribution in [0.5, 0.6) is 0 Å². The second kappa shape index (κ2) is 7.98. The van der Waals surface area contributed by atoms with E-state index in [0.717, 1.165) is 4.68 Å². The summed E-state index contributed by atoms with van der Waals surface area (Å²) in [6.07, 6.45) is -10.3. The molecule has 13 heteroatoms. The lowest BCUT2D eigenvalue weighted by Gasteiger charge is -2.14. The third-order valence-corrected chi connectivity index (χ3v) is 4.31. The van der Waals surface area contributed by atoms with Crippen LogP contribution in [0.1, 0.15) is 32.0 Å². The molecule has 2 N–H and O–H groups in total. The molecule has 7 nitrogen and oxygen atoms in total. The van der Waals surface area contributed by atoms with Crippen LogP contribution >= 0.6 is 0 Å².